The van der Waals surface area contributed by atoms with Crippen molar-refractivity contribution in [3.05, 3.63) is 37.7 Å². The van der Waals surface area contributed by atoms with Gasteiger partial charge >= 0.3 is 6.18 Å². The molecule has 9 nitrogen and oxygen atoms in total. The summed E-state index contributed by atoms with van der Waals surface area (Å²) in [6.45, 7) is 0.0536. The number of hydrogen-bond donors (Lipinski definition) is 3. The van der Waals surface area contributed by atoms with Crippen molar-refractivity contribution in [3.63, 3.8) is 0 Å². The number of carbonyl (C=O) groups is 2. The van der Waals surface area contributed by atoms with Crippen LogP contribution >= 0.6 is 22.9 Å². The Labute approximate surface area is 187 Å². The maximum Gasteiger partial charge on any atom is 0.405 e. The van der Waals surface area contributed by atoms with E-state index in [-0.39, 0.29) is 33.3 Å². The number of nitrogens with zero attached hydrogens (tertiary/aromatic N) is 3. The number of nitriles is 1. The van der Waals surface area contributed by atoms with E-state index in [0.717, 1.165) is 15.9 Å². The van der Waals surface area contributed by atoms with E-state index in [0.29, 0.717) is 0 Å². The molecule has 0 aliphatic rings. The molecule has 2 aromatic rings. The second-order valence-electron chi connectivity index (χ2n) is 5.98. The Morgan fingerprint density at radius 1 is 1.34 bits per heavy atom. The van der Waals surface area contributed by atoms with Crippen molar-refractivity contribution in [2.45, 2.75) is 19.6 Å². The molecule has 0 aliphatic heterocycles. The van der Waals surface area contributed by atoms with Gasteiger partial charge in [0.25, 0.3) is 11.5 Å². The molecule has 2 heterocycles. The van der Waals surface area contributed by atoms with Crippen LogP contribution < -0.4 is 30.7 Å². The first-order valence-electron chi connectivity index (χ1n) is 8.88. The second kappa shape index (κ2) is 10.8. The molecule has 2 rings (SSSR count). The maximum absolute atomic E-state index is 12.6. The van der Waals surface area contributed by atoms with E-state index < -0.39 is 35.7 Å². The molecule has 0 aromatic carbocycles. The van der Waals surface area contributed by atoms with E-state index in [4.69, 9.17) is 11.6 Å². The normalized spacial score (nSPS) is 12.7. The molecule has 0 aliphatic carbocycles. The van der Waals surface area contributed by atoms with Gasteiger partial charge in [-0.2, -0.15) is 18.4 Å². The first-order chi connectivity index (χ1) is 15.1. The van der Waals surface area contributed by atoms with Crippen molar-refractivity contribution in [3.8, 4) is 6.07 Å². The first-order valence-corrected chi connectivity index (χ1v) is 10.2. The van der Waals surface area contributed by atoms with E-state index in [1.807, 2.05) is 0 Å². The van der Waals surface area contributed by atoms with E-state index >= 15 is 0 Å². The molecule has 170 valence electrons. The number of nitrogens with one attached hydrogen (secondary N) is 3. The summed E-state index contributed by atoms with van der Waals surface area (Å²) in [4.78, 5) is 40.2. The highest BCUT2D eigenvalue weighted by atomic mass is 35.5. The zero-order valence-electron chi connectivity index (χ0n) is 16.4. The van der Waals surface area contributed by atoms with E-state index in [1.54, 1.807) is 30.4 Å². The fraction of sp³-hybridized carbons (Fsp3) is 0.278. The van der Waals surface area contributed by atoms with Crippen LogP contribution in [0.4, 0.5) is 24.8 Å². The van der Waals surface area contributed by atoms with Crippen LogP contribution in [0.3, 0.4) is 0 Å². The summed E-state index contributed by atoms with van der Waals surface area (Å²) in [6, 6.07) is 6.23. The molecule has 2 aromatic heterocycles. The van der Waals surface area contributed by atoms with Gasteiger partial charge in [-0.3, -0.25) is 19.0 Å². The van der Waals surface area contributed by atoms with Crippen LogP contribution in [-0.2, 0) is 16.1 Å². The van der Waals surface area contributed by atoms with Gasteiger partial charge in [-0.25, -0.2) is 4.98 Å². The van der Waals surface area contributed by atoms with Gasteiger partial charge in [0, 0.05) is 12.7 Å². The van der Waals surface area contributed by atoms with Gasteiger partial charge < -0.3 is 16.0 Å². The molecule has 3 N–H and O–H groups in total. The van der Waals surface area contributed by atoms with Crippen molar-refractivity contribution >= 4 is 58.2 Å². The predicted octanol–water partition coefficient (Wildman–Crippen LogP) is 0.705. The summed E-state index contributed by atoms with van der Waals surface area (Å²) in [5, 5.41) is 16.2. The maximum atomic E-state index is 12.6. The Kier molecular flexibility index (Phi) is 8.39. The van der Waals surface area contributed by atoms with Crippen molar-refractivity contribution in [2.75, 3.05) is 23.1 Å². The number of amides is 2. The van der Waals surface area contributed by atoms with Crippen LogP contribution in [0.25, 0.3) is 11.8 Å². The Morgan fingerprint density at radius 3 is 2.62 bits per heavy atom. The van der Waals surface area contributed by atoms with Gasteiger partial charge in [0.1, 0.15) is 39.3 Å². The highest BCUT2D eigenvalue weighted by Crippen LogP contribution is 2.12. The Hall–Kier alpha value is -3.37. The molecule has 0 spiro atoms. The van der Waals surface area contributed by atoms with Crippen LogP contribution in [0, 0.1) is 11.3 Å². The van der Waals surface area contributed by atoms with Gasteiger partial charge in [0.15, 0.2) is 5.57 Å². The standard InChI is InChI=1S/C18H16ClF3N6O3S/c1-2-28-16(31)11(8-24-12-4-3-5-13(26-12)27-14(29)6-19)32-17(28)10(7-23)15(30)25-9-18(20,21)22/h3-5,8H,2,6,9H2,1H3,(H,25,30)(H2,24,26,27,29). The SMILES string of the molecule is CCn1c(=C(C#N)C(=O)NCC(F)(F)F)sc(=CNc2cccc(NC(=O)CCl)n2)c1=O. The van der Waals surface area contributed by atoms with Crippen molar-refractivity contribution in [1.82, 2.24) is 14.9 Å². The molecule has 0 atom stereocenters. The second-order valence-corrected chi connectivity index (χ2v) is 7.28. The van der Waals surface area contributed by atoms with Gasteiger partial charge in [-0.1, -0.05) is 6.07 Å². The smallest absolute Gasteiger partial charge is 0.345 e. The van der Waals surface area contributed by atoms with Gasteiger partial charge in [0.2, 0.25) is 5.91 Å². The molecule has 0 fully saturated rings. The molecule has 2 amide bonds. The zero-order chi connectivity index (χ0) is 23.9. The van der Waals surface area contributed by atoms with Crippen molar-refractivity contribution in [1.29, 1.82) is 5.26 Å². The first kappa shape index (κ1) is 24.9. The third-order valence-corrected chi connectivity index (χ3v) is 5.09. The number of hydrogen-bond acceptors (Lipinski definition) is 7. The lowest BCUT2D eigenvalue weighted by Crippen LogP contribution is -2.37. The summed E-state index contributed by atoms with van der Waals surface area (Å²) in [5.41, 5.74) is -1.16. The molecule has 0 radical (unpaired) electrons. The average Bonchev–Trinajstić information content (AvgIpc) is 3.06. The number of carbonyl (C=O) groups excluding carboxylic acids is 2. The molecule has 14 heteroatoms. The monoisotopic (exact) mass is 488 g/mol. The Morgan fingerprint density at radius 2 is 2.03 bits per heavy atom. The molecule has 0 unspecified atom stereocenters. The number of anilines is 2. The molecule has 32 heavy (non-hydrogen) atoms. The Balaban J connectivity index is 2.43. The lowest BCUT2D eigenvalue weighted by molar-refractivity contribution is -0.135. The van der Waals surface area contributed by atoms with Gasteiger partial charge in [-0.15, -0.1) is 22.9 Å². The predicted molar refractivity (Wildman–Crippen MR) is 113 cm³/mol. The van der Waals surface area contributed by atoms with Crippen LogP contribution in [0.1, 0.15) is 6.92 Å². The third-order valence-electron chi connectivity index (χ3n) is 3.72. The van der Waals surface area contributed by atoms with Gasteiger partial charge in [-0.05, 0) is 19.1 Å². The Bertz CT molecular complexity index is 1230. The van der Waals surface area contributed by atoms with Crippen LogP contribution in [0.5, 0.6) is 0 Å². The summed E-state index contributed by atoms with van der Waals surface area (Å²) in [7, 11) is 0. The van der Waals surface area contributed by atoms with Crippen LogP contribution in [0.15, 0.2) is 23.0 Å². The minimum Gasteiger partial charge on any atom is -0.345 e. The number of thiazole rings is 1. The molecular weight excluding hydrogens is 473 g/mol. The topological polar surface area (TPSA) is 129 Å². The van der Waals surface area contributed by atoms with Crippen LogP contribution in [0.2, 0.25) is 0 Å². The van der Waals surface area contributed by atoms with E-state index in [1.165, 1.54) is 12.3 Å². The summed E-state index contributed by atoms with van der Waals surface area (Å²) in [6.07, 6.45) is -3.37. The van der Waals surface area contributed by atoms with E-state index in [2.05, 4.69) is 15.6 Å². The number of aromatic nitrogens is 2. The fourth-order valence-corrected chi connectivity index (χ4v) is 3.51. The largest absolute Gasteiger partial charge is 0.405 e. The zero-order valence-corrected chi connectivity index (χ0v) is 18.0. The third kappa shape index (κ3) is 6.56. The average molecular weight is 489 g/mol. The van der Waals surface area contributed by atoms with Crippen molar-refractivity contribution in [2.24, 2.45) is 0 Å². The molecule has 0 bridgehead atoms. The number of alkyl halides is 4. The number of halogens is 4. The minimum atomic E-state index is -4.65. The number of pyridine rings is 1. The molecule has 0 saturated carbocycles. The molecule has 0 saturated heterocycles. The van der Waals surface area contributed by atoms with Crippen molar-refractivity contribution < 1.29 is 22.8 Å². The summed E-state index contributed by atoms with van der Waals surface area (Å²) in [5.74, 6) is -1.47. The number of rotatable bonds is 7. The summed E-state index contributed by atoms with van der Waals surface area (Å²) >= 11 is 6.19. The summed E-state index contributed by atoms with van der Waals surface area (Å²) < 4.78 is 38.2. The fourth-order valence-electron chi connectivity index (χ4n) is 2.36. The lowest BCUT2D eigenvalue weighted by Gasteiger charge is -2.07. The van der Waals surface area contributed by atoms with Crippen LogP contribution in [-0.4, -0.2) is 40.0 Å². The lowest BCUT2D eigenvalue weighted by atomic mass is 10.3. The quantitative estimate of drug-likeness (QED) is 0.492. The highest BCUT2D eigenvalue weighted by molar-refractivity contribution is 7.07. The minimum absolute atomic E-state index is 0.0778. The highest BCUT2D eigenvalue weighted by Gasteiger charge is 2.28. The molecular formula is C18H16ClF3N6O3S. The van der Waals surface area contributed by atoms with E-state index in [9.17, 15) is 32.8 Å². The van der Waals surface area contributed by atoms with Gasteiger partial charge in [0.05, 0.1) is 0 Å².